The Morgan fingerprint density at radius 2 is 2.36 bits per heavy atom. The van der Waals surface area contributed by atoms with E-state index in [1.165, 1.54) is 0 Å². The first-order chi connectivity index (χ1) is 12.2. The molecule has 25 heavy (non-hydrogen) atoms. The normalized spacial score (nSPS) is 18.0. The number of hydrogen-bond donors (Lipinski definition) is 1. The van der Waals surface area contributed by atoms with E-state index in [0.29, 0.717) is 18.0 Å². The first kappa shape index (κ1) is 15.8. The van der Waals surface area contributed by atoms with Gasteiger partial charge in [-0.3, -0.25) is 9.69 Å². The summed E-state index contributed by atoms with van der Waals surface area (Å²) in [6, 6.07) is 5.73. The Bertz CT molecular complexity index is 871. The van der Waals surface area contributed by atoms with Crippen LogP contribution in [0.2, 0.25) is 0 Å². The van der Waals surface area contributed by atoms with Gasteiger partial charge in [0.15, 0.2) is 5.65 Å². The van der Waals surface area contributed by atoms with Crippen molar-refractivity contribution in [3.8, 4) is 0 Å². The molecular weight excluding hydrogens is 318 g/mol. The van der Waals surface area contributed by atoms with Gasteiger partial charge in [-0.05, 0) is 37.9 Å². The van der Waals surface area contributed by atoms with Gasteiger partial charge in [-0.15, -0.1) is 0 Å². The van der Waals surface area contributed by atoms with Gasteiger partial charge >= 0.3 is 0 Å². The number of nitrogens with one attached hydrogen (secondary N) is 1. The summed E-state index contributed by atoms with van der Waals surface area (Å²) in [4.78, 5) is 19.1. The van der Waals surface area contributed by atoms with Crippen LogP contribution in [-0.2, 0) is 6.54 Å². The van der Waals surface area contributed by atoms with Crippen molar-refractivity contribution in [3.05, 3.63) is 53.9 Å². The van der Waals surface area contributed by atoms with Gasteiger partial charge in [0.1, 0.15) is 5.76 Å². The van der Waals surface area contributed by atoms with Crippen molar-refractivity contribution in [2.45, 2.75) is 19.9 Å². The van der Waals surface area contributed by atoms with Gasteiger partial charge in [0, 0.05) is 25.4 Å². The van der Waals surface area contributed by atoms with Gasteiger partial charge in [0.2, 0.25) is 0 Å². The summed E-state index contributed by atoms with van der Waals surface area (Å²) in [5, 5.41) is 7.25. The zero-order valence-corrected chi connectivity index (χ0v) is 14.2. The quantitative estimate of drug-likeness (QED) is 0.768. The van der Waals surface area contributed by atoms with Crippen LogP contribution in [0, 0.1) is 12.8 Å². The van der Waals surface area contributed by atoms with Crippen molar-refractivity contribution in [3.63, 3.8) is 0 Å². The molecule has 3 aromatic rings. The number of aromatic nitrogens is 3. The monoisotopic (exact) mass is 339 g/mol. The standard InChI is InChI=1S/C18H21N5O2/c1-13-16(10-19-17-4-6-21-23(13)17)18(24)20-9-14-5-7-22(11-14)12-15-3-2-8-25-15/h2-4,6,8,10,14H,5,7,9,11-12H2,1H3,(H,20,24)/t14-/m1/s1. The first-order valence-corrected chi connectivity index (χ1v) is 8.53. The number of carbonyl (C=O) groups excluding carboxylic acids is 1. The van der Waals surface area contributed by atoms with Crippen molar-refractivity contribution >= 4 is 11.6 Å². The zero-order chi connectivity index (χ0) is 17.2. The number of nitrogens with zero attached hydrogens (tertiary/aromatic N) is 4. The highest BCUT2D eigenvalue weighted by molar-refractivity contribution is 5.95. The Hall–Kier alpha value is -2.67. The molecule has 7 nitrogen and oxygen atoms in total. The molecule has 1 atom stereocenters. The highest BCUT2D eigenvalue weighted by atomic mass is 16.3. The van der Waals surface area contributed by atoms with Crippen LogP contribution in [0.15, 0.2) is 41.3 Å². The number of fused-ring (bicyclic) bond motifs is 1. The minimum absolute atomic E-state index is 0.0908. The lowest BCUT2D eigenvalue weighted by Gasteiger charge is -2.15. The van der Waals surface area contributed by atoms with Crippen LogP contribution >= 0.6 is 0 Å². The van der Waals surface area contributed by atoms with Gasteiger partial charge < -0.3 is 9.73 Å². The van der Waals surface area contributed by atoms with Crippen LogP contribution in [0.25, 0.3) is 5.65 Å². The summed E-state index contributed by atoms with van der Waals surface area (Å²) >= 11 is 0. The zero-order valence-electron chi connectivity index (χ0n) is 14.2. The Morgan fingerprint density at radius 3 is 3.20 bits per heavy atom. The molecule has 1 aliphatic rings. The van der Waals surface area contributed by atoms with Gasteiger partial charge in [-0.25, -0.2) is 9.50 Å². The topological polar surface area (TPSA) is 75.7 Å². The maximum absolute atomic E-state index is 12.5. The maximum Gasteiger partial charge on any atom is 0.254 e. The van der Waals surface area contributed by atoms with Crippen LogP contribution in [0.5, 0.6) is 0 Å². The molecule has 4 heterocycles. The minimum Gasteiger partial charge on any atom is -0.468 e. The molecule has 1 aliphatic heterocycles. The fourth-order valence-electron chi connectivity index (χ4n) is 3.39. The van der Waals surface area contributed by atoms with Crippen molar-refractivity contribution in [1.82, 2.24) is 24.8 Å². The number of furan rings is 1. The molecule has 3 aromatic heterocycles. The van der Waals surface area contributed by atoms with Crippen molar-refractivity contribution < 1.29 is 9.21 Å². The van der Waals surface area contributed by atoms with Crippen LogP contribution in [0.4, 0.5) is 0 Å². The van der Waals surface area contributed by atoms with E-state index in [1.54, 1.807) is 23.2 Å². The highest BCUT2D eigenvalue weighted by Gasteiger charge is 2.24. The number of amides is 1. The Balaban J connectivity index is 1.33. The Labute approximate surface area is 145 Å². The van der Waals surface area contributed by atoms with Gasteiger partial charge in [-0.1, -0.05) is 0 Å². The summed E-state index contributed by atoms with van der Waals surface area (Å²) in [7, 11) is 0. The molecule has 0 spiro atoms. The average Bonchev–Trinajstić information content (AvgIpc) is 3.35. The van der Waals surface area contributed by atoms with E-state index in [1.807, 2.05) is 25.1 Å². The molecule has 1 amide bonds. The van der Waals surface area contributed by atoms with E-state index < -0.39 is 0 Å². The Kier molecular flexibility index (Phi) is 4.23. The number of rotatable bonds is 5. The smallest absolute Gasteiger partial charge is 0.254 e. The largest absolute Gasteiger partial charge is 0.468 e. The molecule has 0 saturated carbocycles. The van der Waals surface area contributed by atoms with Gasteiger partial charge in [0.05, 0.1) is 30.3 Å². The molecule has 1 N–H and O–H groups in total. The summed E-state index contributed by atoms with van der Waals surface area (Å²) in [6.07, 6.45) is 6.09. The molecule has 130 valence electrons. The molecule has 4 rings (SSSR count). The van der Waals surface area contributed by atoms with E-state index >= 15 is 0 Å². The maximum atomic E-state index is 12.5. The van der Waals surface area contributed by atoms with Crippen LogP contribution in [-0.4, -0.2) is 45.0 Å². The molecule has 0 aliphatic carbocycles. The van der Waals surface area contributed by atoms with Crippen molar-refractivity contribution in [2.24, 2.45) is 5.92 Å². The van der Waals surface area contributed by atoms with Crippen molar-refractivity contribution in [1.29, 1.82) is 0 Å². The van der Waals surface area contributed by atoms with Crippen LogP contribution in [0.1, 0.15) is 28.2 Å². The predicted molar refractivity (Wildman–Crippen MR) is 92.1 cm³/mol. The highest BCUT2D eigenvalue weighted by Crippen LogP contribution is 2.18. The second-order valence-corrected chi connectivity index (χ2v) is 6.54. The molecule has 0 aromatic carbocycles. The van der Waals surface area contributed by atoms with E-state index in [2.05, 4.69) is 20.3 Å². The van der Waals surface area contributed by atoms with E-state index in [4.69, 9.17) is 4.42 Å². The predicted octanol–water partition coefficient (Wildman–Crippen LogP) is 1.88. The fraction of sp³-hybridized carbons (Fsp3) is 0.389. The summed E-state index contributed by atoms with van der Waals surface area (Å²) in [5.74, 6) is 1.35. The molecular formula is C18H21N5O2. The van der Waals surface area contributed by atoms with Gasteiger partial charge in [0.25, 0.3) is 5.91 Å². The van der Waals surface area contributed by atoms with Crippen molar-refractivity contribution in [2.75, 3.05) is 19.6 Å². The van der Waals surface area contributed by atoms with E-state index in [9.17, 15) is 4.79 Å². The lowest BCUT2D eigenvalue weighted by atomic mass is 10.1. The number of aryl methyl sites for hydroxylation is 1. The molecule has 1 saturated heterocycles. The van der Waals surface area contributed by atoms with E-state index in [0.717, 1.165) is 43.2 Å². The molecule has 0 radical (unpaired) electrons. The lowest BCUT2D eigenvalue weighted by Crippen LogP contribution is -2.31. The van der Waals surface area contributed by atoms with Gasteiger partial charge in [-0.2, -0.15) is 5.10 Å². The fourth-order valence-corrected chi connectivity index (χ4v) is 3.39. The average molecular weight is 339 g/mol. The third-order valence-corrected chi connectivity index (χ3v) is 4.78. The second kappa shape index (κ2) is 6.68. The first-order valence-electron chi connectivity index (χ1n) is 8.53. The number of carbonyl (C=O) groups is 1. The molecule has 1 fully saturated rings. The van der Waals surface area contributed by atoms with Crippen LogP contribution in [0.3, 0.4) is 0 Å². The molecule has 7 heteroatoms. The van der Waals surface area contributed by atoms with E-state index in [-0.39, 0.29) is 5.91 Å². The summed E-state index contributed by atoms with van der Waals surface area (Å²) < 4.78 is 7.09. The number of likely N-dealkylation sites (tertiary alicyclic amines) is 1. The summed E-state index contributed by atoms with van der Waals surface area (Å²) in [6.45, 7) is 5.38. The van der Waals surface area contributed by atoms with Crippen LogP contribution < -0.4 is 5.32 Å². The SMILES string of the molecule is Cc1c(C(=O)NC[C@H]2CCN(Cc3ccco3)C2)cnc2ccnn12. The number of hydrogen-bond acceptors (Lipinski definition) is 5. The molecule has 0 bridgehead atoms. The Morgan fingerprint density at radius 1 is 1.44 bits per heavy atom. The lowest BCUT2D eigenvalue weighted by molar-refractivity contribution is 0.0945. The summed E-state index contributed by atoms with van der Waals surface area (Å²) in [5.41, 5.74) is 2.12. The third-order valence-electron chi connectivity index (χ3n) is 4.78. The minimum atomic E-state index is -0.0908. The third kappa shape index (κ3) is 3.28. The second-order valence-electron chi connectivity index (χ2n) is 6.54. The molecule has 0 unspecified atom stereocenters.